The molecule has 1 N–H and O–H groups in total. The van der Waals surface area contributed by atoms with E-state index < -0.39 is 24.1 Å². The quantitative estimate of drug-likeness (QED) is 0.833. The third-order valence-corrected chi connectivity index (χ3v) is 3.17. The van der Waals surface area contributed by atoms with Crippen LogP contribution in [-0.2, 0) is 9.53 Å². The van der Waals surface area contributed by atoms with E-state index in [9.17, 15) is 13.6 Å². The molecule has 3 atom stereocenters. The van der Waals surface area contributed by atoms with E-state index in [0.717, 1.165) is 0 Å². The van der Waals surface area contributed by atoms with Gasteiger partial charge in [0.1, 0.15) is 12.0 Å². The summed E-state index contributed by atoms with van der Waals surface area (Å²) in [6, 6.07) is -0.871. The van der Waals surface area contributed by atoms with E-state index in [1.165, 1.54) is 7.11 Å². The monoisotopic (exact) mass is 249 g/mol. The predicted molar refractivity (Wildman–Crippen MR) is 60.9 cm³/mol. The van der Waals surface area contributed by atoms with Crippen LogP contribution in [0.25, 0.3) is 0 Å². The number of carbonyl (C=O) groups excluding carboxylic acids is 1. The van der Waals surface area contributed by atoms with Gasteiger partial charge in [-0.1, -0.05) is 20.8 Å². The average molecular weight is 249 g/mol. The Labute approximate surface area is 101 Å². The number of methoxy groups -OCH3 is 1. The van der Waals surface area contributed by atoms with Gasteiger partial charge in [-0.2, -0.15) is 0 Å². The Bertz CT molecular complexity index is 276. The Morgan fingerprint density at radius 3 is 2.35 bits per heavy atom. The molecule has 1 aliphatic rings. The van der Waals surface area contributed by atoms with Crippen molar-refractivity contribution >= 4 is 5.78 Å². The smallest absolute Gasteiger partial charge is 0.253 e. The molecule has 0 aliphatic carbocycles. The predicted octanol–water partition coefficient (Wildman–Crippen LogP) is 2.21. The summed E-state index contributed by atoms with van der Waals surface area (Å²) in [6.45, 7) is 5.50. The van der Waals surface area contributed by atoms with Crippen molar-refractivity contribution in [2.45, 2.75) is 52.3 Å². The lowest BCUT2D eigenvalue weighted by Gasteiger charge is -2.37. The van der Waals surface area contributed by atoms with Crippen molar-refractivity contribution in [2.75, 3.05) is 7.11 Å². The average Bonchev–Trinajstić information content (AvgIpc) is 2.25. The number of halogens is 2. The van der Waals surface area contributed by atoms with Gasteiger partial charge in [0.05, 0.1) is 12.0 Å². The summed E-state index contributed by atoms with van der Waals surface area (Å²) in [7, 11) is 1.44. The molecular formula is C12H21F2NO2. The van der Waals surface area contributed by atoms with Gasteiger partial charge in [-0.05, 0) is 12.8 Å². The van der Waals surface area contributed by atoms with Crippen LogP contribution in [0, 0.1) is 11.3 Å². The molecule has 3 unspecified atom stereocenters. The largest absolute Gasteiger partial charge is 0.366 e. The Morgan fingerprint density at radius 1 is 1.35 bits per heavy atom. The molecule has 1 fully saturated rings. The molecule has 5 heteroatoms. The molecule has 17 heavy (non-hydrogen) atoms. The number of hydrogen-bond donors (Lipinski definition) is 1. The zero-order valence-electron chi connectivity index (χ0n) is 10.8. The molecule has 0 radical (unpaired) electrons. The first-order valence-electron chi connectivity index (χ1n) is 5.88. The lowest BCUT2D eigenvalue weighted by Crippen LogP contribution is -2.54. The second-order valence-corrected chi connectivity index (χ2v) is 5.56. The fraction of sp³-hybridized carbons (Fsp3) is 0.917. The third kappa shape index (κ3) is 3.45. The molecule has 1 rings (SSSR count). The number of nitrogens with one attached hydrogen (secondary N) is 1. The van der Waals surface area contributed by atoms with Crippen molar-refractivity contribution in [3.63, 3.8) is 0 Å². The van der Waals surface area contributed by atoms with Crippen LogP contribution in [0.3, 0.4) is 0 Å². The van der Waals surface area contributed by atoms with Gasteiger partial charge in [-0.25, -0.2) is 8.78 Å². The van der Waals surface area contributed by atoms with E-state index in [1.54, 1.807) is 0 Å². The van der Waals surface area contributed by atoms with E-state index >= 15 is 0 Å². The minimum absolute atomic E-state index is 0.0598. The van der Waals surface area contributed by atoms with Crippen molar-refractivity contribution in [1.82, 2.24) is 5.32 Å². The number of rotatable bonds is 3. The van der Waals surface area contributed by atoms with Crippen LogP contribution in [-0.4, -0.2) is 31.6 Å². The molecule has 1 aliphatic heterocycles. The lowest BCUT2D eigenvalue weighted by molar-refractivity contribution is -0.140. The number of carbonyl (C=O) groups is 1. The number of ketones is 1. The molecule has 0 aromatic carbocycles. The van der Waals surface area contributed by atoms with Crippen LogP contribution >= 0.6 is 0 Å². The Hall–Kier alpha value is -0.550. The summed E-state index contributed by atoms with van der Waals surface area (Å²) in [6.07, 6.45) is -2.26. The van der Waals surface area contributed by atoms with Gasteiger partial charge in [0.15, 0.2) is 0 Å². The highest BCUT2D eigenvalue weighted by atomic mass is 19.3. The summed E-state index contributed by atoms with van der Waals surface area (Å²) >= 11 is 0. The Kier molecular flexibility index (Phi) is 4.61. The third-order valence-electron chi connectivity index (χ3n) is 3.17. The molecule has 1 heterocycles. The second-order valence-electron chi connectivity index (χ2n) is 5.56. The minimum atomic E-state index is -2.42. The van der Waals surface area contributed by atoms with Crippen LogP contribution in [0.5, 0.6) is 0 Å². The van der Waals surface area contributed by atoms with E-state index in [-0.39, 0.29) is 11.7 Å². The molecule has 100 valence electrons. The zero-order valence-corrected chi connectivity index (χ0v) is 10.8. The Balaban J connectivity index is 2.73. The van der Waals surface area contributed by atoms with Crippen LogP contribution in [0.2, 0.25) is 0 Å². The summed E-state index contributed by atoms with van der Waals surface area (Å²) in [5.74, 6) is -0.278. The van der Waals surface area contributed by atoms with Gasteiger partial charge in [0, 0.05) is 12.5 Å². The number of ether oxygens (including phenoxy) is 1. The number of piperidine rings is 1. The highest BCUT2D eigenvalue weighted by Gasteiger charge is 2.41. The maximum Gasteiger partial charge on any atom is 0.253 e. The van der Waals surface area contributed by atoms with E-state index in [2.05, 4.69) is 5.32 Å². The van der Waals surface area contributed by atoms with Crippen LogP contribution in [0.15, 0.2) is 0 Å². The summed E-state index contributed by atoms with van der Waals surface area (Å²) in [4.78, 5) is 12.2. The maximum absolute atomic E-state index is 12.6. The Morgan fingerprint density at radius 2 is 1.94 bits per heavy atom. The molecule has 0 amide bonds. The summed E-state index contributed by atoms with van der Waals surface area (Å²) < 4.78 is 30.3. The first-order chi connectivity index (χ1) is 7.77. The van der Waals surface area contributed by atoms with Gasteiger partial charge < -0.3 is 4.74 Å². The van der Waals surface area contributed by atoms with E-state index in [1.807, 2.05) is 20.8 Å². The van der Waals surface area contributed by atoms with Crippen molar-refractivity contribution < 1.29 is 18.3 Å². The second kappa shape index (κ2) is 5.40. The molecular weight excluding hydrogens is 228 g/mol. The van der Waals surface area contributed by atoms with E-state index in [0.29, 0.717) is 12.8 Å². The van der Waals surface area contributed by atoms with Gasteiger partial charge in [0.2, 0.25) is 0 Å². The number of alkyl halides is 2. The van der Waals surface area contributed by atoms with Gasteiger partial charge >= 0.3 is 0 Å². The van der Waals surface area contributed by atoms with Crippen LogP contribution in [0.1, 0.15) is 33.6 Å². The zero-order chi connectivity index (χ0) is 13.2. The standard InChI is InChI=1S/C12H21F2NO2/c1-12(2,3)9(16)7-5-6-8(10(13)14)15-11(7)17-4/h7-8,10-11,15H,5-6H2,1-4H3. The SMILES string of the molecule is COC1NC(C(F)F)CCC1C(=O)C(C)(C)C. The summed E-state index contributed by atoms with van der Waals surface area (Å²) in [5.41, 5.74) is -0.471. The molecule has 0 aromatic heterocycles. The van der Waals surface area contributed by atoms with Gasteiger partial charge in [-0.15, -0.1) is 0 Å². The van der Waals surface area contributed by atoms with Crippen LogP contribution < -0.4 is 5.32 Å². The minimum Gasteiger partial charge on any atom is -0.366 e. The molecule has 0 bridgehead atoms. The highest BCUT2D eigenvalue weighted by molar-refractivity contribution is 5.86. The first kappa shape index (κ1) is 14.5. The van der Waals surface area contributed by atoms with Crippen LogP contribution in [0.4, 0.5) is 8.78 Å². The van der Waals surface area contributed by atoms with E-state index in [4.69, 9.17) is 4.74 Å². The topological polar surface area (TPSA) is 38.3 Å². The molecule has 3 nitrogen and oxygen atoms in total. The van der Waals surface area contributed by atoms with Gasteiger partial charge in [-0.3, -0.25) is 10.1 Å². The van der Waals surface area contributed by atoms with Gasteiger partial charge in [0.25, 0.3) is 6.43 Å². The molecule has 0 aromatic rings. The maximum atomic E-state index is 12.6. The van der Waals surface area contributed by atoms with Crippen molar-refractivity contribution in [3.8, 4) is 0 Å². The number of Topliss-reactive ketones (excluding diaryl/α,β-unsaturated/α-hetero) is 1. The highest BCUT2D eigenvalue weighted by Crippen LogP contribution is 2.30. The molecule has 0 saturated carbocycles. The summed E-state index contributed by atoms with van der Waals surface area (Å²) in [5, 5.41) is 2.71. The molecule has 1 saturated heterocycles. The lowest BCUT2D eigenvalue weighted by atomic mass is 9.78. The van der Waals surface area contributed by atoms with Crippen molar-refractivity contribution in [1.29, 1.82) is 0 Å². The normalized spacial score (nSPS) is 30.6. The van der Waals surface area contributed by atoms with Crippen molar-refractivity contribution in [2.24, 2.45) is 11.3 Å². The fourth-order valence-electron chi connectivity index (χ4n) is 2.18. The fourth-order valence-corrected chi connectivity index (χ4v) is 2.18. The van der Waals surface area contributed by atoms with Crippen molar-refractivity contribution in [3.05, 3.63) is 0 Å². The number of hydrogen-bond acceptors (Lipinski definition) is 3. The molecule has 0 spiro atoms. The first-order valence-corrected chi connectivity index (χ1v) is 5.88.